The normalized spacial score (nSPS) is 12.8. The van der Waals surface area contributed by atoms with Crippen LogP contribution in [0.5, 0.6) is 0 Å². The van der Waals surface area contributed by atoms with Gasteiger partial charge in [0.15, 0.2) is 0 Å². The SMILES string of the molecule is CC(O)CC(C)(C)CNC(=O)NCCc1ccccc1. The van der Waals surface area contributed by atoms with Crippen LogP contribution in [-0.4, -0.2) is 30.3 Å². The van der Waals surface area contributed by atoms with Crippen molar-refractivity contribution in [2.75, 3.05) is 13.1 Å². The van der Waals surface area contributed by atoms with Gasteiger partial charge in [0.1, 0.15) is 0 Å². The molecule has 2 amide bonds. The summed E-state index contributed by atoms with van der Waals surface area (Å²) in [6.07, 6.45) is 1.13. The molecule has 112 valence electrons. The number of aliphatic hydroxyl groups excluding tert-OH is 1. The van der Waals surface area contributed by atoms with Crippen molar-refractivity contribution in [1.82, 2.24) is 10.6 Å². The zero-order valence-electron chi connectivity index (χ0n) is 12.6. The van der Waals surface area contributed by atoms with E-state index < -0.39 is 0 Å². The van der Waals surface area contributed by atoms with Gasteiger partial charge >= 0.3 is 6.03 Å². The molecule has 0 aliphatic heterocycles. The van der Waals surface area contributed by atoms with Crippen molar-refractivity contribution in [1.29, 1.82) is 0 Å². The van der Waals surface area contributed by atoms with Crippen LogP contribution in [0.15, 0.2) is 30.3 Å². The Bertz CT molecular complexity index is 402. The first kappa shape index (κ1) is 16.5. The number of carbonyl (C=O) groups excluding carboxylic acids is 1. The molecule has 0 aliphatic carbocycles. The summed E-state index contributed by atoms with van der Waals surface area (Å²) >= 11 is 0. The average molecular weight is 278 g/mol. The van der Waals surface area contributed by atoms with Crippen molar-refractivity contribution in [3.63, 3.8) is 0 Å². The van der Waals surface area contributed by atoms with Crippen LogP contribution < -0.4 is 10.6 Å². The molecule has 0 saturated heterocycles. The minimum absolute atomic E-state index is 0.106. The monoisotopic (exact) mass is 278 g/mol. The third kappa shape index (κ3) is 7.14. The maximum Gasteiger partial charge on any atom is 0.314 e. The number of benzene rings is 1. The van der Waals surface area contributed by atoms with E-state index in [9.17, 15) is 9.90 Å². The van der Waals surface area contributed by atoms with Gasteiger partial charge in [0.05, 0.1) is 6.10 Å². The molecule has 0 fully saturated rings. The number of carbonyl (C=O) groups is 1. The van der Waals surface area contributed by atoms with E-state index in [0.717, 1.165) is 6.42 Å². The zero-order valence-corrected chi connectivity index (χ0v) is 12.6. The highest BCUT2D eigenvalue weighted by Gasteiger charge is 2.20. The van der Waals surface area contributed by atoms with Crippen molar-refractivity contribution in [3.8, 4) is 0 Å². The lowest BCUT2D eigenvalue weighted by Crippen LogP contribution is -2.42. The lowest BCUT2D eigenvalue weighted by atomic mass is 9.87. The van der Waals surface area contributed by atoms with Crippen molar-refractivity contribution in [2.24, 2.45) is 5.41 Å². The minimum atomic E-state index is -0.354. The highest BCUT2D eigenvalue weighted by atomic mass is 16.3. The van der Waals surface area contributed by atoms with Crippen LogP contribution in [0.2, 0.25) is 0 Å². The van der Waals surface area contributed by atoms with Crippen LogP contribution in [0.25, 0.3) is 0 Å². The summed E-state index contributed by atoms with van der Waals surface area (Å²) in [6.45, 7) is 7.00. The van der Waals surface area contributed by atoms with Crippen LogP contribution in [0, 0.1) is 5.41 Å². The second-order valence-electron chi connectivity index (χ2n) is 6.06. The van der Waals surface area contributed by atoms with Gasteiger partial charge in [-0.1, -0.05) is 44.2 Å². The first-order valence-electron chi connectivity index (χ1n) is 7.13. The van der Waals surface area contributed by atoms with Crippen LogP contribution >= 0.6 is 0 Å². The summed E-state index contributed by atoms with van der Waals surface area (Å²) in [6, 6.07) is 9.91. The Labute approximate surface area is 121 Å². The predicted octanol–water partition coefficient (Wildman–Crippen LogP) is 2.33. The lowest BCUT2D eigenvalue weighted by molar-refractivity contribution is 0.129. The molecule has 0 spiro atoms. The van der Waals surface area contributed by atoms with Gasteiger partial charge < -0.3 is 15.7 Å². The maximum absolute atomic E-state index is 11.7. The number of aliphatic hydroxyl groups is 1. The maximum atomic E-state index is 11.7. The molecule has 0 heterocycles. The second kappa shape index (κ2) is 7.90. The van der Waals surface area contributed by atoms with Crippen LogP contribution in [0.1, 0.15) is 32.8 Å². The molecule has 0 aliphatic rings. The fourth-order valence-corrected chi connectivity index (χ4v) is 2.22. The fourth-order valence-electron chi connectivity index (χ4n) is 2.22. The molecule has 0 aromatic heterocycles. The molecule has 0 bridgehead atoms. The molecule has 4 heteroatoms. The molecule has 0 saturated carbocycles. The van der Waals surface area contributed by atoms with E-state index >= 15 is 0 Å². The van der Waals surface area contributed by atoms with Crippen molar-refractivity contribution in [2.45, 2.75) is 39.7 Å². The fraction of sp³-hybridized carbons (Fsp3) is 0.562. The Morgan fingerprint density at radius 2 is 1.90 bits per heavy atom. The number of hydrogen-bond acceptors (Lipinski definition) is 2. The van der Waals surface area contributed by atoms with Crippen molar-refractivity contribution in [3.05, 3.63) is 35.9 Å². The average Bonchev–Trinajstić information content (AvgIpc) is 2.36. The molecule has 1 aromatic carbocycles. The van der Waals surface area contributed by atoms with Gasteiger partial charge in [-0.05, 0) is 30.7 Å². The summed E-state index contributed by atoms with van der Waals surface area (Å²) in [4.78, 5) is 11.7. The van der Waals surface area contributed by atoms with Crippen molar-refractivity contribution < 1.29 is 9.90 Å². The molecular formula is C16H26N2O2. The second-order valence-corrected chi connectivity index (χ2v) is 6.06. The lowest BCUT2D eigenvalue weighted by Gasteiger charge is -2.26. The largest absolute Gasteiger partial charge is 0.393 e. The number of rotatable bonds is 7. The van der Waals surface area contributed by atoms with E-state index in [2.05, 4.69) is 10.6 Å². The zero-order chi connectivity index (χ0) is 15.0. The van der Waals surface area contributed by atoms with Gasteiger partial charge in [0, 0.05) is 13.1 Å². The molecule has 1 unspecified atom stereocenters. The smallest absolute Gasteiger partial charge is 0.314 e. The van der Waals surface area contributed by atoms with Gasteiger partial charge in [-0.2, -0.15) is 0 Å². The van der Waals surface area contributed by atoms with Crippen LogP contribution in [-0.2, 0) is 6.42 Å². The Kier molecular flexibility index (Phi) is 6.52. The minimum Gasteiger partial charge on any atom is -0.393 e. The van der Waals surface area contributed by atoms with Gasteiger partial charge in [-0.15, -0.1) is 0 Å². The summed E-state index contributed by atoms with van der Waals surface area (Å²) in [5.74, 6) is 0. The van der Waals surface area contributed by atoms with E-state index in [0.29, 0.717) is 19.5 Å². The number of hydrogen-bond donors (Lipinski definition) is 3. The molecule has 4 nitrogen and oxygen atoms in total. The molecule has 20 heavy (non-hydrogen) atoms. The molecule has 1 aromatic rings. The summed E-state index contributed by atoms with van der Waals surface area (Å²) in [7, 11) is 0. The summed E-state index contributed by atoms with van der Waals surface area (Å²) in [5, 5.41) is 15.1. The molecule has 1 atom stereocenters. The number of urea groups is 1. The molecule has 1 rings (SSSR count). The Morgan fingerprint density at radius 3 is 2.50 bits per heavy atom. The third-order valence-corrected chi connectivity index (χ3v) is 3.12. The molecule has 0 radical (unpaired) electrons. The summed E-state index contributed by atoms with van der Waals surface area (Å²) < 4.78 is 0. The molecule has 3 N–H and O–H groups in total. The van der Waals surface area contributed by atoms with E-state index in [4.69, 9.17) is 0 Å². The van der Waals surface area contributed by atoms with Gasteiger partial charge in [0.2, 0.25) is 0 Å². The standard InChI is InChI=1S/C16H26N2O2/c1-13(19)11-16(2,3)12-18-15(20)17-10-9-14-7-5-4-6-8-14/h4-8,13,19H,9-12H2,1-3H3,(H2,17,18,20). The van der Waals surface area contributed by atoms with Gasteiger partial charge in [-0.25, -0.2) is 4.79 Å². The quantitative estimate of drug-likeness (QED) is 0.717. The van der Waals surface area contributed by atoms with E-state index in [1.54, 1.807) is 6.92 Å². The van der Waals surface area contributed by atoms with Crippen LogP contribution in [0.4, 0.5) is 4.79 Å². The Hall–Kier alpha value is -1.55. The Balaban J connectivity index is 2.20. The summed E-state index contributed by atoms with van der Waals surface area (Å²) in [5.41, 5.74) is 1.10. The van der Waals surface area contributed by atoms with Crippen LogP contribution in [0.3, 0.4) is 0 Å². The van der Waals surface area contributed by atoms with Gasteiger partial charge in [-0.3, -0.25) is 0 Å². The van der Waals surface area contributed by atoms with Gasteiger partial charge in [0.25, 0.3) is 0 Å². The topological polar surface area (TPSA) is 61.4 Å². The Morgan fingerprint density at radius 1 is 1.25 bits per heavy atom. The number of nitrogens with one attached hydrogen (secondary N) is 2. The third-order valence-electron chi connectivity index (χ3n) is 3.12. The first-order valence-corrected chi connectivity index (χ1v) is 7.13. The van der Waals surface area contributed by atoms with Crippen molar-refractivity contribution >= 4 is 6.03 Å². The molecular weight excluding hydrogens is 252 g/mol. The van der Waals surface area contributed by atoms with E-state index in [1.807, 2.05) is 44.2 Å². The number of amides is 2. The van der Waals surface area contributed by atoms with E-state index in [1.165, 1.54) is 5.56 Å². The first-order chi connectivity index (χ1) is 9.39. The highest BCUT2D eigenvalue weighted by Crippen LogP contribution is 2.20. The predicted molar refractivity (Wildman–Crippen MR) is 81.6 cm³/mol. The van der Waals surface area contributed by atoms with E-state index in [-0.39, 0.29) is 17.6 Å². The highest BCUT2D eigenvalue weighted by molar-refractivity contribution is 5.73.